The molecule has 0 radical (unpaired) electrons. The summed E-state index contributed by atoms with van der Waals surface area (Å²) in [6.07, 6.45) is 4.33. The summed E-state index contributed by atoms with van der Waals surface area (Å²) in [5, 5.41) is 13.3. The number of carbonyl (C=O) groups is 1. The van der Waals surface area contributed by atoms with Crippen LogP contribution in [-0.4, -0.2) is 22.6 Å². The van der Waals surface area contributed by atoms with Gasteiger partial charge in [-0.3, -0.25) is 0 Å². The molecule has 2 rings (SSSR count). The maximum atomic E-state index is 11.1. The van der Waals surface area contributed by atoms with Crippen LogP contribution in [0.2, 0.25) is 0 Å². The first-order valence-corrected chi connectivity index (χ1v) is 6.95. The number of aryl methyl sites for hydroxylation is 1. The zero-order valence-corrected chi connectivity index (χ0v) is 10.8. The first-order valence-electron chi connectivity index (χ1n) is 6.13. The Bertz CT molecular complexity index is 399. The quantitative estimate of drug-likeness (QED) is 0.783. The minimum absolute atomic E-state index is 0.412. The standard InChI is InChI=1S/C12H18N2O2S/c1-2-3-9-11(12(15)16)17-10(14-9)7-13-6-8-4-5-8/h8,13H,2-7H2,1H3,(H,15,16). The summed E-state index contributed by atoms with van der Waals surface area (Å²) < 4.78 is 0. The molecule has 0 amide bonds. The number of carboxylic acids is 1. The summed E-state index contributed by atoms with van der Waals surface area (Å²) >= 11 is 1.31. The van der Waals surface area contributed by atoms with Gasteiger partial charge >= 0.3 is 5.97 Å². The van der Waals surface area contributed by atoms with Crippen molar-refractivity contribution in [2.75, 3.05) is 6.54 Å². The topological polar surface area (TPSA) is 62.2 Å². The van der Waals surface area contributed by atoms with Crippen LogP contribution in [0.1, 0.15) is 46.6 Å². The van der Waals surface area contributed by atoms with E-state index in [1.807, 2.05) is 6.92 Å². The summed E-state index contributed by atoms with van der Waals surface area (Å²) in [6.45, 7) is 3.77. The van der Waals surface area contributed by atoms with E-state index in [0.717, 1.165) is 36.0 Å². The fourth-order valence-electron chi connectivity index (χ4n) is 1.75. The Morgan fingerprint density at radius 3 is 2.94 bits per heavy atom. The largest absolute Gasteiger partial charge is 0.477 e. The van der Waals surface area contributed by atoms with E-state index in [-0.39, 0.29) is 0 Å². The number of nitrogens with one attached hydrogen (secondary N) is 1. The lowest BCUT2D eigenvalue weighted by Crippen LogP contribution is -2.15. The van der Waals surface area contributed by atoms with Crippen LogP contribution in [0.4, 0.5) is 0 Å². The van der Waals surface area contributed by atoms with Gasteiger partial charge in [-0.1, -0.05) is 13.3 Å². The second-order valence-corrected chi connectivity index (χ2v) is 5.60. The van der Waals surface area contributed by atoms with Crippen LogP contribution in [0.25, 0.3) is 0 Å². The molecule has 17 heavy (non-hydrogen) atoms. The highest BCUT2D eigenvalue weighted by atomic mass is 32.1. The van der Waals surface area contributed by atoms with E-state index >= 15 is 0 Å². The van der Waals surface area contributed by atoms with E-state index in [1.165, 1.54) is 24.2 Å². The number of carboxylic acid groups (broad SMARTS) is 1. The molecule has 4 nitrogen and oxygen atoms in total. The van der Waals surface area contributed by atoms with Gasteiger partial charge in [0.2, 0.25) is 0 Å². The molecule has 94 valence electrons. The lowest BCUT2D eigenvalue weighted by molar-refractivity contribution is 0.0700. The molecule has 1 aromatic rings. The number of aromatic nitrogens is 1. The number of thiazole rings is 1. The number of hydrogen-bond donors (Lipinski definition) is 2. The van der Waals surface area contributed by atoms with Gasteiger partial charge in [0, 0.05) is 6.54 Å². The van der Waals surface area contributed by atoms with Gasteiger partial charge in [-0.05, 0) is 31.7 Å². The average Bonchev–Trinajstić information content (AvgIpc) is 3.00. The summed E-state index contributed by atoms with van der Waals surface area (Å²) in [6, 6.07) is 0. The summed E-state index contributed by atoms with van der Waals surface area (Å²) in [4.78, 5) is 15.9. The van der Waals surface area contributed by atoms with E-state index in [0.29, 0.717) is 11.4 Å². The Morgan fingerprint density at radius 2 is 2.35 bits per heavy atom. The van der Waals surface area contributed by atoms with Gasteiger partial charge in [0.25, 0.3) is 0 Å². The highest BCUT2D eigenvalue weighted by Gasteiger charge is 2.21. The van der Waals surface area contributed by atoms with E-state index in [9.17, 15) is 4.79 Å². The van der Waals surface area contributed by atoms with Crippen molar-refractivity contribution < 1.29 is 9.90 Å². The predicted octanol–water partition coefficient (Wildman–Crippen LogP) is 2.29. The molecule has 2 N–H and O–H groups in total. The highest BCUT2D eigenvalue weighted by Crippen LogP contribution is 2.28. The van der Waals surface area contributed by atoms with Gasteiger partial charge in [0.05, 0.1) is 5.69 Å². The number of hydrogen-bond acceptors (Lipinski definition) is 4. The molecule has 1 aliphatic carbocycles. The van der Waals surface area contributed by atoms with Crippen LogP contribution in [0.3, 0.4) is 0 Å². The smallest absolute Gasteiger partial charge is 0.347 e. The zero-order valence-electron chi connectivity index (χ0n) is 10.0. The van der Waals surface area contributed by atoms with Crippen molar-refractivity contribution >= 4 is 17.3 Å². The SMILES string of the molecule is CCCc1nc(CNCC2CC2)sc1C(=O)O. The number of aromatic carboxylic acids is 1. The second-order valence-electron chi connectivity index (χ2n) is 4.51. The summed E-state index contributed by atoms with van der Waals surface area (Å²) in [5.41, 5.74) is 0.744. The van der Waals surface area contributed by atoms with Crippen LogP contribution in [-0.2, 0) is 13.0 Å². The third-order valence-electron chi connectivity index (χ3n) is 2.83. The minimum Gasteiger partial charge on any atom is -0.477 e. The molecular weight excluding hydrogens is 236 g/mol. The van der Waals surface area contributed by atoms with Crippen molar-refractivity contribution in [2.45, 2.75) is 39.2 Å². The van der Waals surface area contributed by atoms with Crippen LogP contribution in [0.15, 0.2) is 0 Å². The molecule has 0 saturated heterocycles. The van der Waals surface area contributed by atoms with Crippen molar-refractivity contribution in [1.82, 2.24) is 10.3 Å². The Labute approximate surface area is 105 Å². The molecule has 1 saturated carbocycles. The van der Waals surface area contributed by atoms with Crippen molar-refractivity contribution in [3.05, 3.63) is 15.6 Å². The van der Waals surface area contributed by atoms with Gasteiger partial charge in [-0.25, -0.2) is 9.78 Å². The zero-order chi connectivity index (χ0) is 12.3. The predicted molar refractivity (Wildman–Crippen MR) is 67.5 cm³/mol. The van der Waals surface area contributed by atoms with Gasteiger partial charge in [-0.2, -0.15) is 0 Å². The van der Waals surface area contributed by atoms with E-state index in [1.54, 1.807) is 0 Å². The lowest BCUT2D eigenvalue weighted by Gasteiger charge is -1.98. The Kier molecular flexibility index (Phi) is 4.12. The minimum atomic E-state index is -0.848. The highest BCUT2D eigenvalue weighted by molar-refractivity contribution is 7.13. The summed E-state index contributed by atoms with van der Waals surface area (Å²) in [5.74, 6) is -0.0107. The second kappa shape index (κ2) is 5.60. The monoisotopic (exact) mass is 254 g/mol. The van der Waals surface area contributed by atoms with Crippen LogP contribution >= 0.6 is 11.3 Å². The van der Waals surface area contributed by atoms with Crippen molar-refractivity contribution in [2.24, 2.45) is 5.92 Å². The van der Waals surface area contributed by atoms with E-state index in [2.05, 4.69) is 10.3 Å². The van der Waals surface area contributed by atoms with Gasteiger partial charge < -0.3 is 10.4 Å². The van der Waals surface area contributed by atoms with Gasteiger partial charge in [0.15, 0.2) is 0 Å². The Balaban J connectivity index is 1.95. The molecule has 0 unspecified atom stereocenters. The van der Waals surface area contributed by atoms with Gasteiger partial charge in [-0.15, -0.1) is 11.3 Å². The normalized spacial score (nSPS) is 15.1. The molecule has 1 fully saturated rings. The summed E-state index contributed by atoms with van der Waals surface area (Å²) in [7, 11) is 0. The lowest BCUT2D eigenvalue weighted by atomic mass is 10.2. The van der Waals surface area contributed by atoms with E-state index < -0.39 is 5.97 Å². The molecule has 1 aliphatic rings. The van der Waals surface area contributed by atoms with Gasteiger partial charge in [0.1, 0.15) is 9.88 Å². The number of nitrogens with zero attached hydrogens (tertiary/aromatic N) is 1. The Morgan fingerprint density at radius 1 is 1.59 bits per heavy atom. The molecule has 0 aliphatic heterocycles. The maximum Gasteiger partial charge on any atom is 0.347 e. The average molecular weight is 254 g/mol. The third kappa shape index (κ3) is 3.51. The molecule has 5 heteroatoms. The molecule has 0 atom stereocenters. The van der Waals surface area contributed by atoms with Crippen molar-refractivity contribution in [1.29, 1.82) is 0 Å². The molecule has 0 bridgehead atoms. The first-order chi connectivity index (χ1) is 8.20. The maximum absolute atomic E-state index is 11.1. The fourth-order valence-corrected chi connectivity index (χ4v) is 2.67. The van der Waals surface area contributed by atoms with Crippen LogP contribution in [0.5, 0.6) is 0 Å². The first kappa shape index (κ1) is 12.5. The van der Waals surface area contributed by atoms with E-state index in [4.69, 9.17) is 5.11 Å². The third-order valence-corrected chi connectivity index (χ3v) is 3.91. The van der Waals surface area contributed by atoms with Crippen LogP contribution < -0.4 is 5.32 Å². The number of rotatable bonds is 7. The molecule has 1 aromatic heterocycles. The van der Waals surface area contributed by atoms with Crippen LogP contribution in [0, 0.1) is 5.92 Å². The molecular formula is C12H18N2O2S. The fraction of sp³-hybridized carbons (Fsp3) is 0.667. The molecule has 0 aromatic carbocycles. The molecule has 1 heterocycles. The molecule has 0 spiro atoms. The van der Waals surface area contributed by atoms with Crippen molar-refractivity contribution in [3.63, 3.8) is 0 Å². The Hall–Kier alpha value is -0.940. The van der Waals surface area contributed by atoms with Crippen molar-refractivity contribution in [3.8, 4) is 0 Å².